The van der Waals surface area contributed by atoms with Crippen molar-refractivity contribution in [1.82, 2.24) is 30.1 Å². The van der Waals surface area contributed by atoms with E-state index in [2.05, 4.69) is 56.2 Å². The fourth-order valence-corrected chi connectivity index (χ4v) is 4.82. The van der Waals surface area contributed by atoms with Crippen molar-refractivity contribution in [3.05, 3.63) is 78.8 Å². The lowest BCUT2D eigenvalue weighted by Crippen LogP contribution is -2.25. The van der Waals surface area contributed by atoms with E-state index in [1.807, 2.05) is 18.2 Å². The number of imidazole rings is 1. The van der Waals surface area contributed by atoms with E-state index in [1.165, 1.54) is 18.2 Å². The summed E-state index contributed by atoms with van der Waals surface area (Å²) in [6, 6.07) is 13.1. The van der Waals surface area contributed by atoms with E-state index in [-0.39, 0.29) is 16.7 Å². The fraction of sp³-hybridized carbons (Fsp3) is 0.200. The van der Waals surface area contributed by atoms with Crippen molar-refractivity contribution in [2.75, 3.05) is 5.32 Å². The minimum Gasteiger partial charge on any atom is -0.374 e. The molecule has 0 spiro atoms. The first-order valence-electron chi connectivity index (χ1n) is 12.8. The molecule has 0 bridgehead atoms. The molecule has 0 saturated heterocycles. The molecule has 0 radical (unpaired) electrons. The largest absolute Gasteiger partial charge is 0.374 e. The number of nitrogens with one attached hydrogen (secondary N) is 3. The quantitative estimate of drug-likeness (QED) is 0.176. The number of rotatable bonds is 6. The van der Waals surface area contributed by atoms with Gasteiger partial charge in [0.05, 0.1) is 17.4 Å². The number of aromatic nitrogens is 6. The van der Waals surface area contributed by atoms with Crippen LogP contribution in [0.1, 0.15) is 27.2 Å². The number of aromatic amines is 2. The van der Waals surface area contributed by atoms with Crippen LogP contribution in [0.4, 0.5) is 14.5 Å². The van der Waals surface area contributed by atoms with Gasteiger partial charge in [-0.3, -0.25) is 10.1 Å². The van der Waals surface area contributed by atoms with Crippen LogP contribution in [0.15, 0.2) is 67.1 Å². The Labute approximate surface area is 228 Å². The summed E-state index contributed by atoms with van der Waals surface area (Å²) in [5.74, 6) is -0.379. The normalized spacial score (nSPS) is 12.8. The van der Waals surface area contributed by atoms with Gasteiger partial charge in [0.25, 0.3) is 0 Å². The van der Waals surface area contributed by atoms with E-state index in [0.29, 0.717) is 51.3 Å². The highest BCUT2D eigenvalue weighted by molar-refractivity contribution is 5.97. The molecular formula is C30H27F2N7O. The summed E-state index contributed by atoms with van der Waals surface area (Å²) in [5.41, 5.74) is 5.25. The minimum absolute atomic E-state index is 0.0603. The highest BCUT2D eigenvalue weighted by atomic mass is 19.1. The van der Waals surface area contributed by atoms with Crippen molar-refractivity contribution >= 4 is 27.8 Å². The number of fused-ring (bicyclic) bond motifs is 2. The number of halogens is 2. The van der Waals surface area contributed by atoms with Gasteiger partial charge in [-0.05, 0) is 59.4 Å². The Kier molecular flexibility index (Phi) is 6.26. The van der Waals surface area contributed by atoms with Crippen LogP contribution in [-0.4, -0.2) is 41.5 Å². The smallest absolute Gasteiger partial charge is 0.178 e. The molecule has 0 aliphatic carbocycles. The molecule has 0 saturated carbocycles. The van der Waals surface area contributed by atoms with Gasteiger partial charge in [0.1, 0.15) is 23.3 Å². The predicted molar refractivity (Wildman–Crippen MR) is 151 cm³/mol. The second kappa shape index (κ2) is 9.80. The molecule has 4 N–H and O–H groups in total. The topological polar surface area (TPSA) is 115 Å². The van der Waals surface area contributed by atoms with E-state index < -0.39 is 12.0 Å². The molecule has 0 aliphatic heterocycles. The van der Waals surface area contributed by atoms with Crippen molar-refractivity contribution in [3.8, 4) is 33.8 Å². The van der Waals surface area contributed by atoms with Gasteiger partial charge in [-0.2, -0.15) is 5.10 Å². The maximum absolute atomic E-state index is 15.2. The van der Waals surface area contributed by atoms with Crippen molar-refractivity contribution in [2.24, 2.45) is 5.41 Å². The Morgan fingerprint density at radius 2 is 1.77 bits per heavy atom. The highest BCUT2D eigenvalue weighted by Crippen LogP contribution is 2.34. The number of aliphatic hydroxyl groups excluding tert-OH is 1. The van der Waals surface area contributed by atoms with Gasteiger partial charge in [-0.25, -0.2) is 18.7 Å². The number of nitrogens with zero attached hydrogens (tertiary/aromatic N) is 4. The first kappa shape index (κ1) is 25.6. The average molecular weight is 540 g/mol. The van der Waals surface area contributed by atoms with E-state index in [9.17, 15) is 9.50 Å². The van der Waals surface area contributed by atoms with Crippen LogP contribution in [0.25, 0.3) is 55.8 Å². The van der Waals surface area contributed by atoms with E-state index in [4.69, 9.17) is 0 Å². The highest BCUT2D eigenvalue weighted by Gasteiger charge is 2.19. The van der Waals surface area contributed by atoms with Crippen molar-refractivity contribution in [2.45, 2.75) is 33.4 Å². The number of anilines is 1. The van der Waals surface area contributed by atoms with Gasteiger partial charge in [0, 0.05) is 28.9 Å². The van der Waals surface area contributed by atoms with Crippen LogP contribution in [0.3, 0.4) is 0 Å². The molecule has 40 heavy (non-hydrogen) atoms. The molecule has 2 aromatic carbocycles. The summed E-state index contributed by atoms with van der Waals surface area (Å²) in [4.78, 5) is 16.6. The van der Waals surface area contributed by atoms with E-state index in [0.717, 1.165) is 11.1 Å². The third-order valence-electron chi connectivity index (χ3n) is 6.61. The zero-order valence-corrected chi connectivity index (χ0v) is 22.1. The summed E-state index contributed by atoms with van der Waals surface area (Å²) in [6.07, 6.45) is 4.69. The first-order chi connectivity index (χ1) is 19.1. The molecule has 1 atom stereocenters. The van der Waals surface area contributed by atoms with Crippen molar-refractivity contribution in [1.29, 1.82) is 0 Å². The summed E-state index contributed by atoms with van der Waals surface area (Å²) >= 11 is 0. The molecule has 0 amide bonds. The maximum atomic E-state index is 15.2. The summed E-state index contributed by atoms with van der Waals surface area (Å²) in [6.45, 7) is 6.15. The van der Waals surface area contributed by atoms with Crippen molar-refractivity contribution < 1.29 is 13.9 Å². The molecule has 1 unspecified atom stereocenters. The third-order valence-corrected chi connectivity index (χ3v) is 6.61. The zero-order valence-electron chi connectivity index (χ0n) is 22.1. The maximum Gasteiger partial charge on any atom is 0.178 e. The van der Waals surface area contributed by atoms with Gasteiger partial charge < -0.3 is 15.4 Å². The number of H-pyrrole nitrogens is 2. The van der Waals surface area contributed by atoms with Crippen LogP contribution >= 0.6 is 0 Å². The SMILES string of the molecule is CC(C)(C)CC(O)Nc1cncc(-c2cc(F)c3n[nH]c(-c4nc5nccc(-c6ccc(F)cc6)c5[nH]4)c3c2)c1. The number of aliphatic hydroxyl groups is 1. The molecule has 0 aliphatic rings. The molecule has 4 aromatic heterocycles. The number of hydrogen-bond acceptors (Lipinski definition) is 6. The molecule has 4 heterocycles. The van der Waals surface area contributed by atoms with Gasteiger partial charge in [0.2, 0.25) is 0 Å². The molecule has 202 valence electrons. The lowest BCUT2D eigenvalue weighted by atomic mass is 9.91. The van der Waals surface area contributed by atoms with Crippen LogP contribution in [0, 0.1) is 17.0 Å². The van der Waals surface area contributed by atoms with E-state index in [1.54, 1.807) is 30.7 Å². The lowest BCUT2D eigenvalue weighted by Gasteiger charge is -2.23. The zero-order chi connectivity index (χ0) is 28.0. The lowest BCUT2D eigenvalue weighted by molar-refractivity contribution is 0.145. The van der Waals surface area contributed by atoms with Gasteiger partial charge in [0.15, 0.2) is 17.3 Å². The van der Waals surface area contributed by atoms with Crippen LogP contribution in [-0.2, 0) is 0 Å². The second-order valence-electron chi connectivity index (χ2n) is 11.0. The standard InChI is InChI=1S/C30H27F2N7O/c1-30(2,3)13-24(40)35-20-10-18(14-33-15-20)17-11-22-25(23(32)12-17)38-39-27(22)29-36-26-21(8-9-34-28(26)37-29)16-4-6-19(31)7-5-16/h4-12,14-15,24,35,40H,13H2,1-3H3,(H,38,39)(H,34,36,37). The summed E-state index contributed by atoms with van der Waals surface area (Å²) in [7, 11) is 0. The molecule has 6 rings (SSSR count). The van der Waals surface area contributed by atoms with Gasteiger partial charge in [-0.15, -0.1) is 0 Å². The Morgan fingerprint density at radius 3 is 2.55 bits per heavy atom. The number of pyridine rings is 2. The Hall–Kier alpha value is -4.70. The molecule has 0 fully saturated rings. The minimum atomic E-state index is -0.752. The molecule has 8 nitrogen and oxygen atoms in total. The van der Waals surface area contributed by atoms with Crippen LogP contribution in [0.2, 0.25) is 0 Å². The van der Waals surface area contributed by atoms with Crippen LogP contribution < -0.4 is 5.32 Å². The first-order valence-corrected chi connectivity index (χ1v) is 12.8. The number of hydrogen-bond donors (Lipinski definition) is 4. The Bertz CT molecular complexity index is 1840. The average Bonchev–Trinajstić information content (AvgIpc) is 3.52. The third kappa shape index (κ3) is 5.01. The number of benzene rings is 2. The van der Waals surface area contributed by atoms with Crippen LogP contribution in [0.5, 0.6) is 0 Å². The van der Waals surface area contributed by atoms with Crippen molar-refractivity contribution in [3.63, 3.8) is 0 Å². The molecule has 10 heteroatoms. The summed E-state index contributed by atoms with van der Waals surface area (Å²) in [5, 5.41) is 21.2. The second-order valence-corrected chi connectivity index (χ2v) is 11.0. The van der Waals surface area contributed by atoms with Gasteiger partial charge in [-0.1, -0.05) is 32.9 Å². The Morgan fingerprint density at radius 1 is 0.975 bits per heavy atom. The van der Waals surface area contributed by atoms with Gasteiger partial charge >= 0.3 is 0 Å². The molecule has 6 aromatic rings. The van der Waals surface area contributed by atoms with E-state index >= 15 is 4.39 Å². The predicted octanol–water partition coefficient (Wildman–Crippen LogP) is 6.67. The molecular weight excluding hydrogens is 512 g/mol. The summed E-state index contributed by atoms with van der Waals surface area (Å²) < 4.78 is 28.7. The monoisotopic (exact) mass is 539 g/mol. The fourth-order valence-electron chi connectivity index (χ4n) is 4.82. The Balaban J connectivity index is 1.39.